The lowest BCUT2D eigenvalue weighted by molar-refractivity contribution is 0.319. The average molecular weight is 177 g/mol. The molecule has 5 heteroatoms. The monoisotopic (exact) mass is 176 g/mol. The molecule has 0 aromatic carbocycles. The minimum Gasteiger partial charge on any atom is -0.409 e. The molecule has 0 atom stereocenters. The molecule has 10 heavy (non-hydrogen) atoms. The maximum Gasteiger partial charge on any atom is 0.181 e. The zero-order chi connectivity index (χ0) is 7.56. The van der Waals surface area contributed by atoms with Gasteiger partial charge in [0, 0.05) is 0 Å². The smallest absolute Gasteiger partial charge is 0.181 e. The number of rotatable bonds is 1. The number of nitrogens with two attached hydrogens (primary N) is 1. The lowest BCUT2D eigenvalue weighted by Crippen LogP contribution is -2.11. The molecule has 0 spiro atoms. The van der Waals surface area contributed by atoms with Crippen molar-refractivity contribution < 1.29 is 5.21 Å². The van der Waals surface area contributed by atoms with Crippen molar-refractivity contribution in [2.45, 2.75) is 0 Å². The van der Waals surface area contributed by atoms with E-state index in [1.54, 1.807) is 11.4 Å². The normalized spacial score (nSPS) is 11.9. The van der Waals surface area contributed by atoms with Crippen LogP contribution < -0.4 is 5.73 Å². The van der Waals surface area contributed by atoms with Crippen molar-refractivity contribution in [1.29, 1.82) is 0 Å². The third-order valence-corrected chi connectivity index (χ3v) is 2.32. The van der Waals surface area contributed by atoms with Gasteiger partial charge in [0.15, 0.2) is 5.84 Å². The highest BCUT2D eigenvalue weighted by Crippen LogP contribution is 2.20. The van der Waals surface area contributed by atoms with Gasteiger partial charge in [-0.3, -0.25) is 0 Å². The van der Waals surface area contributed by atoms with Crippen LogP contribution in [0.2, 0.25) is 5.02 Å². The van der Waals surface area contributed by atoms with Gasteiger partial charge in [-0.1, -0.05) is 16.8 Å². The van der Waals surface area contributed by atoms with E-state index in [9.17, 15) is 0 Å². The van der Waals surface area contributed by atoms with Crippen LogP contribution >= 0.6 is 22.9 Å². The number of hydrogen-bond acceptors (Lipinski definition) is 3. The molecule has 0 aliphatic carbocycles. The van der Waals surface area contributed by atoms with E-state index in [1.807, 2.05) is 0 Å². The Hall–Kier alpha value is -0.740. The molecule has 0 radical (unpaired) electrons. The summed E-state index contributed by atoms with van der Waals surface area (Å²) in [6.07, 6.45) is 0. The van der Waals surface area contributed by atoms with E-state index < -0.39 is 0 Å². The summed E-state index contributed by atoms with van der Waals surface area (Å²) >= 11 is 6.99. The van der Waals surface area contributed by atoms with Gasteiger partial charge < -0.3 is 10.9 Å². The Balaban J connectivity index is 3.05. The molecule has 1 aromatic heterocycles. The molecule has 1 aromatic rings. The number of hydrogen-bond donors (Lipinski definition) is 2. The topological polar surface area (TPSA) is 58.6 Å². The van der Waals surface area contributed by atoms with Crippen LogP contribution in [0.3, 0.4) is 0 Å². The Kier molecular flexibility index (Phi) is 2.13. The van der Waals surface area contributed by atoms with Gasteiger partial charge in [0.05, 0.1) is 9.90 Å². The molecule has 0 aliphatic heterocycles. The Morgan fingerprint density at radius 1 is 1.80 bits per heavy atom. The van der Waals surface area contributed by atoms with Crippen molar-refractivity contribution >= 4 is 28.8 Å². The van der Waals surface area contributed by atoms with E-state index in [0.717, 1.165) is 0 Å². The maximum absolute atomic E-state index is 8.24. The first-order valence-electron chi connectivity index (χ1n) is 2.46. The van der Waals surface area contributed by atoms with Crippen LogP contribution in [0, 0.1) is 0 Å². The van der Waals surface area contributed by atoms with Gasteiger partial charge in [-0.25, -0.2) is 0 Å². The van der Waals surface area contributed by atoms with Crippen LogP contribution in [-0.4, -0.2) is 11.0 Å². The molecule has 0 amide bonds. The zero-order valence-electron chi connectivity index (χ0n) is 4.91. The number of nitrogens with zero attached hydrogens (tertiary/aromatic N) is 1. The molecular weight excluding hydrogens is 172 g/mol. The molecule has 0 fully saturated rings. The first kappa shape index (κ1) is 7.37. The van der Waals surface area contributed by atoms with Crippen molar-refractivity contribution in [3.05, 3.63) is 21.3 Å². The SMILES string of the molecule is N/C(=N/O)c1sccc1Cl. The predicted molar refractivity (Wildman–Crippen MR) is 41.8 cm³/mol. The van der Waals surface area contributed by atoms with Crippen molar-refractivity contribution in [1.82, 2.24) is 0 Å². The minimum absolute atomic E-state index is 0.0556. The maximum atomic E-state index is 8.24. The molecule has 3 nitrogen and oxygen atoms in total. The first-order valence-corrected chi connectivity index (χ1v) is 3.72. The summed E-state index contributed by atoms with van der Waals surface area (Å²) in [4.78, 5) is 0.601. The molecule has 3 N–H and O–H groups in total. The predicted octanol–water partition coefficient (Wildman–Crippen LogP) is 1.50. The highest BCUT2D eigenvalue weighted by atomic mass is 35.5. The Bertz CT molecular complexity index is 258. The summed E-state index contributed by atoms with van der Waals surface area (Å²) in [6.45, 7) is 0. The van der Waals surface area contributed by atoms with Crippen molar-refractivity contribution in [3.8, 4) is 0 Å². The second-order valence-corrected chi connectivity index (χ2v) is 2.91. The van der Waals surface area contributed by atoms with Gasteiger partial charge in [-0.2, -0.15) is 0 Å². The summed E-state index contributed by atoms with van der Waals surface area (Å²) in [5, 5.41) is 13.3. The molecule has 0 bridgehead atoms. The van der Waals surface area contributed by atoms with Gasteiger partial charge in [0.1, 0.15) is 0 Å². The number of halogens is 1. The largest absolute Gasteiger partial charge is 0.409 e. The van der Waals surface area contributed by atoms with Crippen molar-refractivity contribution in [3.63, 3.8) is 0 Å². The van der Waals surface area contributed by atoms with Crippen LogP contribution in [0.4, 0.5) is 0 Å². The van der Waals surface area contributed by atoms with E-state index in [2.05, 4.69) is 5.16 Å². The van der Waals surface area contributed by atoms with Crippen LogP contribution in [-0.2, 0) is 0 Å². The fourth-order valence-electron chi connectivity index (χ4n) is 0.522. The van der Waals surface area contributed by atoms with E-state index in [-0.39, 0.29) is 5.84 Å². The molecular formula is C5H5ClN2OS. The number of amidine groups is 1. The fraction of sp³-hybridized carbons (Fsp3) is 0. The lowest BCUT2D eigenvalue weighted by Gasteiger charge is -1.91. The Morgan fingerprint density at radius 3 is 2.90 bits per heavy atom. The van der Waals surface area contributed by atoms with Crippen LogP contribution in [0.1, 0.15) is 4.88 Å². The third kappa shape index (κ3) is 1.22. The average Bonchev–Trinajstić information content (AvgIpc) is 2.34. The van der Waals surface area contributed by atoms with Crippen molar-refractivity contribution in [2.24, 2.45) is 10.9 Å². The van der Waals surface area contributed by atoms with Crippen LogP contribution in [0.15, 0.2) is 16.6 Å². The standard InChI is InChI=1S/C5H5ClN2OS/c6-3-1-2-10-4(3)5(7)8-9/h1-2,9H,(H2,7,8). The van der Waals surface area contributed by atoms with Gasteiger partial charge in [-0.05, 0) is 11.4 Å². The van der Waals surface area contributed by atoms with E-state index in [0.29, 0.717) is 9.90 Å². The van der Waals surface area contributed by atoms with E-state index in [1.165, 1.54) is 11.3 Å². The fourth-order valence-corrected chi connectivity index (χ4v) is 1.57. The summed E-state index contributed by atoms with van der Waals surface area (Å²) < 4.78 is 0. The second kappa shape index (κ2) is 2.90. The second-order valence-electron chi connectivity index (χ2n) is 1.58. The van der Waals surface area contributed by atoms with Crippen LogP contribution in [0.25, 0.3) is 0 Å². The first-order chi connectivity index (χ1) is 4.75. The zero-order valence-corrected chi connectivity index (χ0v) is 6.49. The summed E-state index contributed by atoms with van der Waals surface area (Å²) in [5.41, 5.74) is 5.27. The highest BCUT2D eigenvalue weighted by Gasteiger charge is 2.04. The summed E-state index contributed by atoms with van der Waals surface area (Å²) in [6, 6.07) is 1.69. The quantitative estimate of drug-likeness (QED) is 0.295. The number of thiophene rings is 1. The minimum atomic E-state index is 0.0556. The van der Waals surface area contributed by atoms with Gasteiger partial charge in [0.25, 0.3) is 0 Å². The Labute approximate surface area is 66.7 Å². The van der Waals surface area contributed by atoms with E-state index >= 15 is 0 Å². The highest BCUT2D eigenvalue weighted by molar-refractivity contribution is 7.12. The molecule has 1 heterocycles. The van der Waals surface area contributed by atoms with Gasteiger partial charge in [0.2, 0.25) is 0 Å². The third-order valence-electron chi connectivity index (χ3n) is 0.958. The van der Waals surface area contributed by atoms with Crippen molar-refractivity contribution in [2.75, 3.05) is 0 Å². The molecule has 0 unspecified atom stereocenters. The molecule has 54 valence electrons. The summed E-state index contributed by atoms with van der Waals surface area (Å²) in [7, 11) is 0. The van der Waals surface area contributed by atoms with E-state index in [4.69, 9.17) is 22.5 Å². The molecule has 0 saturated carbocycles. The Morgan fingerprint density at radius 2 is 2.50 bits per heavy atom. The van der Waals surface area contributed by atoms with Gasteiger partial charge in [-0.15, -0.1) is 11.3 Å². The number of oxime groups is 1. The molecule has 1 rings (SSSR count). The lowest BCUT2D eigenvalue weighted by atomic mass is 10.4. The van der Waals surface area contributed by atoms with Gasteiger partial charge >= 0.3 is 0 Å². The molecule has 0 saturated heterocycles. The van der Waals surface area contributed by atoms with Crippen LogP contribution in [0.5, 0.6) is 0 Å². The molecule has 0 aliphatic rings. The summed E-state index contributed by atoms with van der Waals surface area (Å²) in [5.74, 6) is 0.0556.